The van der Waals surface area contributed by atoms with Gasteiger partial charge >= 0.3 is 0 Å². The maximum absolute atomic E-state index is 12.2. The summed E-state index contributed by atoms with van der Waals surface area (Å²) in [7, 11) is 0. The number of carbonyl (C=O) groups excluding carboxylic acids is 1. The Morgan fingerprint density at radius 1 is 1.10 bits per heavy atom. The van der Waals surface area contributed by atoms with E-state index in [0.29, 0.717) is 10.7 Å². The van der Waals surface area contributed by atoms with Crippen LogP contribution >= 0.6 is 11.3 Å². The molecule has 0 unspecified atom stereocenters. The molecule has 2 aromatic rings. The number of aromatic nitrogens is 2. The summed E-state index contributed by atoms with van der Waals surface area (Å²) in [6.45, 7) is 10.2. The molecule has 1 aromatic heterocycles. The van der Waals surface area contributed by atoms with Crippen LogP contribution in [0.5, 0.6) is 0 Å². The van der Waals surface area contributed by atoms with Gasteiger partial charge < -0.3 is 0 Å². The predicted molar refractivity (Wildman–Crippen MR) is 82.5 cm³/mol. The first kappa shape index (κ1) is 14.7. The van der Waals surface area contributed by atoms with Crippen molar-refractivity contribution in [2.24, 2.45) is 0 Å². The van der Waals surface area contributed by atoms with Gasteiger partial charge in [0.1, 0.15) is 5.01 Å². The molecule has 0 atom stereocenters. The standard InChI is InChI=1S/C15H19N3OS/c1-9-6-10(2)8-11(7-9)12(19)16-14-18-17-13(20-14)15(3,4)5/h6-8H,1-5H3,(H,16,18,19). The molecule has 0 saturated carbocycles. The van der Waals surface area contributed by atoms with Crippen LogP contribution in [0.25, 0.3) is 0 Å². The molecule has 0 aliphatic carbocycles. The SMILES string of the molecule is Cc1cc(C)cc(C(=O)Nc2nnc(C(C)(C)C)s2)c1. The first-order valence-electron chi connectivity index (χ1n) is 6.49. The minimum Gasteiger partial charge on any atom is -0.296 e. The summed E-state index contributed by atoms with van der Waals surface area (Å²) >= 11 is 1.42. The number of rotatable bonds is 2. The van der Waals surface area contributed by atoms with Crippen molar-refractivity contribution < 1.29 is 4.79 Å². The molecule has 0 aliphatic heterocycles. The molecule has 0 aliphatic rings. The lowest BCUT2D eigenvalue weighted by molar-refractivity contribution is 0.102. The fourth-order valence-corrected chi connectivity index (χ4v) is 2.65. The molecule has 1 heterocycles. The average molecular weight is 289 g/mol. The zero-order chi connectivity index (χ0) is 14.9. The van der Waals surface area contributed by atoms with Crippen molar-refractivity contribution in [2.75, 3.05) is 5.32 Å². The van der Waals surface area contributed by atoms with Crippen LogP contribution in [0.2, 0.25) is 0 Å². The van der Waals surface area contributed by atoms with Crippen LogP contribution in [-0.4, -0.2) is 16.1 Å². The van der Waals surface area contributed by atoms with Gasteiger partial charge in [0.2, 0.25) is 5.13 Å². The van der Waals surface area contributed by atoms with Gasteiger partial charge in [-0.2, -0.15) is 0 Å². The summed E-state index contributed by atoms with van der Waals surface area (Å²) in [4.78, 5) is 12.2. The predicted octanol–water partition coefficient (Wildman–Crippen LogP) is 3.70. The lowest BCUT2D eigenvalue weighted by Gasteiger charge is -2.12. The first-order valence-corrected chi connectivity index (χ1v) is 7.31. The molecule has 0 bridgehead atoms. The second kappa shape index (κ2) is 5.32. The highest BCUT2D eigenvalue weighted by Gasteiger charge is 2.20. The van der Waals surface area contributed by atoms with Crippen LogP contribution in [-0.2, 0) is 5.41 Å². The molecule has 1 N–H and O–H groups in total. The highest BCUT2D eigenvalue weighted by Crippen LogP contribution is 2.27. The quantitative estimate of drug-likeness (QED) is 0.917. The minimum absolute atomic E-state index is 0.0550. The van der Waals surface area contributed by atoms with Crippen molar-refractivity contribution in [1.82, 2.24) is 10.2 Å². The smallest absolute Gasteiger partial charge is 0.257 e. The monoisotopic (exact) mass is 289 g/mol. The molecule has 20 heavy (non-hydrogen) atoms. The summed E-state index contributed by atoms with van der Waals surface area (Å²) in [5.74, 6) is -0.145. The van der Waals surface area contributed by atoms with Gasteiger partial charge in [-0.1, -0.05) is 49.3 Å². The summed E-state index contributed by atoms with van der Waals surface area (Å²) in [5.41, 5.74) is 2.74. The normalized spacial score (nSPS) is 11.4. The Balaban J connectivity index is 2.17. The highest BCUT2D eigenvalue weighted by molar-refractivity contribution is 7.15. The molecular weight excluding hydrogens is 270 g/mol. The Morgan fingerprint density at radius 2 is 1.70 bits per heavy atom. The largest absolute Gasteiger partial charge is 0.296 e. The van der Waals surface area contributed by atoms with E-state index < -0.39 is 0 Å². The van der Waals surface area contributed by atoms with E-state index >= 15 is 0 Å². The maximum atomic E-state index is 12.2. The van der Waals surface area contributed by atoms with Gasteiger partial charge in [0.05, 0.1) is 0 Å². The number of hydrogen-bond donors (Lipinski definition) is 1. The molecule has 0 fully saturated rings. The van der Waals surface area contributed by atoms with Gasteiger partial charge in [0.25, 0.3) is 5.91 Å². The van der Waals surface area contributed by atoms with E-state index in [9.17, 15) is 4.79 Å². The summed E-state index contributed by atoms with van der Waals surface area (Å²) in [5, 5.41) is 12.4. The van der Waals surface area contributed by atoms with E-state index in [1.807, 2.05) is 32.0 Å². The molecule has 1 aromatic carbocycles. The van der Waals surface area contributed by atoms with E-state index in [1.54, 1.807) is 0 Å². The second-order valence-corrected chi connectivity index (χ2v) is 6.97. The second-order valence-electron chi connectivity index (χ2n) is 5.99. The lowest BCUT2D eigenvalue weighted by atomic mass is 9.98. The van der Waals surface area contributed by atoms with Gasteiger partial charge in [-0.3, -0.25) is 10.1 Å². The van der Waals surface area contributed by atoms with E-state index in [2.05, 4.69) is 36.3 Å². The Morgan fingerprint density at radius 3 is 2.20 bits per heavy atom. The number of hydrogen-bond acceptors (Lipinski definition) is 4. The molecule has 5 heteroatoms. The van der Waals surface area contributed by atoms with Crippen LogP contribution < -0.4 is 5.32 Å². The van der Waals surface area contributed by atoms with Crippen LogP contribution in [0.15, 0.2) is 18.2 Å². The molecule has 1 amide bonds. The summed E-state index contributed by atoms with van der Waals surface area (Å²) in [6, 6.07) is 5.78. The topological polar surface area (TPSA) is 54.9 Å². The number of carbonyl (C=O) groups is 1. The zero-order valence-electron chi connectivity index (χ0n) is 12.4. The van der Waals surface area contributed by atoms with E-state index in [0.717, 1.165) is 16.1 Å². The number of amides is 1. The summed E-state index contributed by atoms with van der Waals surface area (Å²) < 4.78 is 0. The number of nitrogens with one attached hydrogen (secondary N) is 1. The van der Waals surface area contributed by atoms with Gasteiger partial charge in [-0.05, 0) is 26.0 Å². The van der Waals surface area contributed by atoms with Crippen LogP contribution in [0.4, 0.5) is 5.13 Å². The van der Waals surface area contributed by atoms with Crippen LogP contribution in [0, 0.1) is 13.8 Å². The molecule has 0 radical (unpaired) electrons. The molecule has 4 nitrogen and oxygen atoms in total. The third-order valence-corrected chi connectivity index (χ3v) is 4.04. The first-order chi connectivity index (χ1) is 9.25. The molecular formula is C15H19N3OS. The molecule has 0 spiro atoms. The van der Waals surface area contributed by atoms with Crippen LogP contribution in [0.1, 0.15) is 47.3 Å². The van der Waals surface area contributed by atoms with Gasteiger partial charge in [-0.25, -0.2) is 0 Å². The Kier molecular flexibility index (Phi) is 3.90. The molecule has 0 saturated heterocycles. The third kappa shape index (κ3) is 3.42. The number of aryl methyl sites for hydroxylation is 2. The fraction of sp³-hybridized carbons (Fsp3) is 0.400. The van der Waals surface area contributed by atoms with Crippen molar-refractivity contribution in [1.29, 1.82) is 0 Å². The maximum Gasteiger partial charge on any atom is 0.257 e. The van der Waals surface area contributed by atoms with Crippen molar-refractivity contribution in [3.8, 4) is 0 Å². The number of anilines is 1. The van der Waals surface area contributed by atoms with Crippen molar-refractivity contribution in [2.45, 2.75) is 40.0 Å². The number of benzene rings is 1. The summed E-state index contributed by atoms with van der Waals surface area (Å²) in [6.07, 6.45) is 0. The number of nitrogens with zero attached hydrogens (tertiary/aromatic N) is 2. The lowest BCUT2D eigenvalue weighted by Crippen LogP contribution is -2.12. The van der Waals surface area contributed by atoms with Crippen molar-refractivity contribution >= 4 is 22.4 Å². The fourth-order valence-electron chi connectivity index (χ4n) is 1.85. The van der Waals surface area contributed by atoms with Crippen molar-refractivity contribution in [3.05, 3.63) is 39.9 Å². The molecule has 2 rings (SSSR count). The van der Waals surface area contributed by atoms with Gasteiger partial charge in [-0.15, -0.1) is 10.2 Å². The van der Waals surface area contributed by atoms with Crippen LogP contribution in [0.3, 0.4) is 0 Å². The van der Waals surface area contributed by atoms with E-state index in [-0.39, 0.29) is 11.3 Å². The van der Waals surface area contributed by atoms with Crippen molar-refractivity contribution in [3.63, 3.8) is 0 Å². The molecule has 106 valence electrons. The Hall–Kier alpha value is -1.75. The minimum atomic E-state index is -0.145. The highest BCUT2D eigenvalue weighted by atomic mass is 32.1. The average Bonchev–Trinajstić information content (AvgIpc) is 2.75. The van der Waals surface area contributed by atoms with E-state index in [1.165, 1.54) is 11.3 Å². The van der Waals surface area contributed by atoms with Gasteiger partial charge in [0.15, 0.2) is 0 Å². The zero-order valence-corrected chi connectivity index (χ0v) is 13.3. The van der Waals surface area contributed by atoms with Gasteiger partial charge in [0, 0.05) is 11.0 Å². The Bertz CT molecular complexity index is 621. The third-order valence-electron chi connectivity index (χ3n) is 2.77. The Labute approximate surface area is 123 Å². The van der Waals surface area contributed by atoms with E-state index in [4.69, 9.17) is 0 Å².